The van der Waals surface area contributed by atoms with Crippen LogP contribution in [0.25, 0.3) is 0 Å². The lowest BCUT2D eigenvalue weighted by Gasteiger charge is -2.40. The van der Waals surface area contributed by atoms with Crippen LogP contribution < -0.4 is 19.6 Å². The van der Waals surface area contributed by atoms with E-state index in [1.54, 1.807) is 0 Å². The summed E-state index contributed by atoms with van der Waals surface area (Å²) in [6.45, 7) is 7.35. The smallest absolute Gasteiger partial charge is 0.335 e. The largest absolute Gasteiger partial charge is 0.478 e. The monoisotopic (exact) mass is 1170 g/mol. The van der Waals surface area contributed by atoms with Crippen LogP contribution >= 0.6 is 0 Å². The van der Waals surface area contributed by atoms with Crippen LogP contribution in [0.2, 0.25) is 0 Å². The van der Waals surface area contributed by atoms with Crippen LogP contribution in [-0.2, 0) is 5.41 Å². The first-order chi connectivity index (χ1) is 42.1. The SMILES string of the molecule is Cc1cc(C2(c3cc(C)c(N4C(=O)c5ccc(C(=O)c6ccc7c(c6)C(=O)N(c6ccc(C(=O)O)cc6)C7=O)cc5C4=O)c(C)c3)CCCCC2)cc(C)c1N1C(=O)c2ccc(C(=O)c3ccc4c(c3)C(=O)N(c3ccc(C(=O)O)cc3)C4=O)cc2C1=O. The number of carbonyl (C=O) groups is 12. The second-order valence-corrected chi connectivity index (χ2v) is 22.7. The molecule has 8 amide bonds. The van der Waals surface area contributed by atoms with E-state index >= 15 is 0 Å². The van der Waals surface area contributed by atoms with E-state index in [0.29, 0.717) is 33.6 Å². The van der Waals surface area contributed by atoms with Crippen molar-refractivity contribution < 1.29 is 67.7 Å². The first-order valence-electron chi connectivity index (χ1n) is 28.2. The molecule has 432 valence electrons. The zero-order valence-electron chi connectivity index (χ0n) is 47.5. The molecule has 13 rings (SSSR count). The van der Waals surface area contributed by atoms with Crippen LogP contribution in [0.15, 0.2) is 146 Å². The molecule has 18 heteroatoms. The predicted octanol–water partition coefficient (Wildman–Crippen LogP) is 11.2. The normalized spacial score (nSPS) is 15.7. The summed E-state index contributed by atoms with van der Waals surface area (Å²) in [5.41, 5.74) is 5.48. The number of hydrogen-bond donors (Lipinski definition) is 2. The van der Waals surface area contributed by atoms with Gasteiger partial charge in [0.25, 0.3) is 47.3 Å². The number of carboxylic acids is 2. The van der Waals surface area contributed by atoms with E-state index in [0.717, 1.165) is 62.8 Å². The molecule has 8 aromatic carbocycles. The molecule has 0 radical (unpaired) electrons. The Labute approximate surface area is 500 Å². The Balaban J connectivity index is 0.742. The molecule has 5 aliphatic rings. The van der Waals surface area contributed by atoms with Crippen molar-refractivity contribution in [1.82, 2.24) is 0 Å². The number of carbonyl (C=O) groups excluding carboxylic acids is 10. The summed E-state index contributed by atoms with van der Waals surface area (Å²) in [6.07, 6.45) is 4.29. The van der Waals surface area contributed by atoms with Crippen LogP contribution in [0.5, 0.6) is 0 Å². The summed E-state index contributed by atoms with van der Waals surface area (Å²) in [7, 11) is 0. The van der Waals surface area contributed by atoms with Crippen LogP contribution in [0.4, 0.5) is 22.7 Å². The minimum absolute atomic E-state index is 0.0106. The summed E-state index contributed by atoms with van der Waals surface area (Å²) in [5, 5.41) is 18.6. The standard InChI is InChI=1S/C70H48N4O14/c1-34-26-44(27-35(2)56(34)73-62(79)50-22-14-42(32-54(50)66(73)83)58(75)40-12-20-48-52(30-40)64(81)71(60(48)77)46-16-8-38(9-17-46)68(85)86)70(24-6-5-7-25-70)45-28-36(3)57(37(4)29-45)74-63(80)51-23-15-43(33-55(51)67(74)84)59(76)41-13-21-49-53(31-41)65(82)72(61(49)78)47-18-10-39(11-19-47)69(87)88/h8-23,26-33H,5-7,24-25H2,1-4H3,(H,85,86)(H,87,88). The quantitative estimate of drug-likeness (QED) is 0.0852. The zero-order valence-corrected chi connectivity index (χ0v) is 47.5. The topological polar surface area (TPSA) is 258 Å². The third-order valence-electron chi connectivity index (χ3n) is 17.6. The Morgan fingerprint density at radius 3 is 0.852 bits per heavy atom. The van der Waals surface area contributed by atoms with E-state index in [1.807, 2.05) is 52.0 Å². The average Bonchev–Trinajstić information content (AvgIpc) is 1.39. The highest BCUT2D eigenvalue weighted by Gasteiger charge is 2.45. The minimum atomic E-state index is -1.18. The van der Waals surface area contributed by atoms with E-state index in [2.05, 4.69) is 0 Å². The lowest BCUT2D eigenvalue weighted by atomic mass is 9.64. The van der Waals surface area contributed by atoms with Crippen molar-refractivity contribution in [1.29, 1.82) is 0 Å². The molecular weight excluding hydrogens is 1120 g/mol. The van der Waals surface area contributed by atoms with Gasteiger partial charge in [0.1, 0.15) is 0 Å². The number of fused-ring (bicyclic) bond motifs is 4. The number of anilines is 4. The van der Waals surface area contributed by atoms with E-state index in [1.165, 1.54) is 121 Å². The first kappa shape index (κ1) is 55.8. The van der Waals surface area contributed by atoms with E-state index in [-0.39, 0.29) is 89.3 Å². The Hall–Kier alpha value is -11.4. The van der Waals surface area contributed by atoms with Crippen LogP contribution in [-0.4, -0.2) is 81.0 Å². The fourth-order valence-corrected chi connectivity index (χ4v) is 13.3. The zero-order chi connectivity index (χ0) is 62.1. The molecule has 18 nitrogen and oxygen atoms in total. The number of aromatic carboxylic acids is 2. The number of carboxylic acid groups (broad SMARTS) is 2. The molecule has 8 aromatic rings. The van der Waals surface area contributed by atoms with Crippen molar-refractivity contribution in [3.05, 3.63) is 257 Å². The van der Waals surface area contributed by atoms with Gasteiger partial charge in [0.2, 0.25) is 0 Å². The highest BCUT2D eigenvalue weighted by Crippen LogP contribution is 2.49. The fraction of sp³-hybridized carbons (Fsp3) is 0.143. The van der Waals surface area contributed by atoms with Crippen molar-refractivity contribution >= 4 is 93.5 Å². The van der Waals surface area contributed by atoms with Crippen molar-refractivity contribution in [3.8, 4) is 0 Å². The first-order valence-corrected chi connectivity index (χ1v) is 28.2. The fourth-order valence-electron chi connectivity index (χ4n) is 13.3. The van der Waals surface area contributed by atoms with Gasteiger partial charge in [-0.3, -0.25) is 47.9 Å². The predicted molar refractivity (Wildman–Crippen MR) is 320 cm³/mol. The molecule has 0 saturated heterocycles. The van der Waals surface area contributed by atoms with Gasteiger partial charge in [-0.15, -0.1) is 0 Å². The second-order valence-electron chi connectivity index (χ2n) is 22.7. The third kappa shape index (κ3) is 8.46. The summed E-state index contributed by atoms with van der Waals surface area (Å²) in [6, 6.07) is 35.0. The van der Waals surface area contributed by atoms with Crippen LogP contribution in [0.1, 0.15) is 201 Å². The molecule has 1 aliphatic carbocycles. The van der Waals surface area contributed by atoms with Gasteiger partial charge < -0.3 is 10.2 Å². The summed E-state index contributed by atoms with van der Waals surface area (Å²) >= 11 is 0. The highest BCUT2D eigenvalue weighted by molar-refractivity contribution is 6.38. The van der Waals surface area contributed by atoms with Gasteiger partial charge in [-0.2, -0.15) is 0 Å². The maximum absolute atomic E-state index is 14.5. The Kier molecular flexibility index (Phi) is 12.9. The van der Waals surface area contributed by atoms with Gasteiger partial charge in [0.05, 0.1) is 78.4 Å². The summed E-state index contributed by atoms with van der Waals surface area (Å²) < 4.78 is 0. The molecule has 0 unspecified atom stereocenters. The molecule has 0 aromatic heterocycles. The Morgan fingerprint density at radius 2 is 0.568 bits per heavy atom. The molecule has 0 bridgehead atoms. The number of benzene rings is 8. The van der Waals surface area contributed by atoms with Gasteiger partial charge in [-0.1, -0.05) is 67.8 Å². The van der Waals surface area contributed by atoms with Gasteiger partial charge in [0.15, 0.2) is 11.6 Å². The maximum atomic E-state index is 14.5. The van der Waals surface area contributed by atoms with E-state index < -0.39 is 76.2 Å². The number of nitrogens with zero attached hydrogens (tertiary/aromatic N) is 4. The molecule has 1 fully saturated rings. The lowest BCUT2D eigenvalue weighted by Crippen LogP contribution is -2.34. The van der Waals surface area contributed by atoms with E-state index in [9.17, 15) is 67.7 Å². The molecule has 4 heterocycles. The lowest BCUT2D eigenvalue weighted by molar-refractivity contribution is 0.0686. The number of aryl methyl sites for hydroxylation is 4. The number of hydrogen-bond acceptors (Lipinski definition) is 12. The molecule has 4 aliphatic heterocycles. The van der Waals surface area contributed by atoms with Gasteiger partial charge >= 0.3 is 11.9 Å². The average molecular weight is 1170 g/mol. The molecule has 88 heavy (non-hydrogen) atoms. The van der Waals surface area contributed by atoms with Crippen molar-refractivity contribution in [2.75, 3.05) is 19.6 Å². The minimum Gasteiger partial charge on any atom is -0.478 e. The number of rotatable bonds is 12. The van der Waals surface area contributed by atoms with Crippen molar-refractivity contribution in [3.63, 3.8) is 0 Å². The molecule has 1 saturated carbocycles. The van der Waals surface area contributed by atoms with Crippen molar-refractivity contribution in [2.45, 2.75) is 65.2 Å². The molecule has 0 atom stereocenters. The van der Waals surface area contributed by atoms with Crippen LogP contribution in [0.3, 0.4) is 0 Å². The number of imide groups is 4. The van der Waals surface area contributed by atoms with E-state index in [4.69, 9.17) is 0 Å². The Morgan fingerprint density at radius 1 is 0.318 bits per heavy atom. The van der Waals surface area contributed by atoms with Gasteiger partial charge in [0, 0.05) is 27.7 Å². The Bertz CT molecular complexity index is 4310. The summed E-state index contributed by atoms with van der Waals surface area (Å²) in [4.78, 5) is 167. The number of amides is 8. The summed E-state index contributed by atoms with van der Waals surface area (Å²) in [5.74, 6) is -8.60. The van der Waals surface area contributed by atoms with Crippen molar-refractivity contribution in [2.24, 2.45) is 0 Å². The van der Waals surface area contributed by atoms with Crippen LogP contribution in [0, 0.1) is 27.7 Å². The third-order valence-corrected chi connectivity index (χ3v) is 17.6. The van der Waals surface area contributed by atoms with Gasteiger partial charge in [-0.05, 0) is 171 Å². The maximum Gasteiger partial charge on any atom is 0.335 e. The molecular formula is C70H48N4O14. The molecule has 2 N–H and O–H groups in total. The molecule has 0 spiro atoms. The second kappa shape index (κ2) is 20.4. The van der Waals surface area contributed by atoms with Gasteiger partial charge in [-0.25, -0.2) is 29.2 Å². The number of ketones is 2. The highest BCUT2D eigenvalue weighted by atomic mass is 16.4.